The van der Waals surface area contributed by atoms with Gasteiger partial charge in [-0.3, -0.25) is 4.90 Å². The Morgan fingerprint density at radius 3 is 1.94 bits per heavy atom. The quantitative estimate of drug-likeness (QED) is 0.197. The Bertz CT molecular complexity index is 2690. The standard InChI is InChI=1S/C43H29N3O/c1-43(2)32-15-7-9-17-34(32)46(35-18-10-8-16-33(35)43)42-44-40(29-20-19-26-11-3-4-13-28(26)25-29)31-22-24-37-39(41(31)45-42)38-30-14-6-5-12-27(30)21-23-36(38)47-37/h3-25H,1-2H3. The van der Waals surface area contributed by atoms with E-state index in [2.05, 4.69) is 158 Å². The third-order valence-corrected chi connectivity index (χ3v) is 10.0. The molecule has 2 aromatic heterocycles. The number of fused-ring (bicyclic) bond motifs is 10. The first-order valence-corrected chi connectivity index (χ1v) is 16.1. The van der Waals surface area contributed by atoms with Crippen molar-refractivity contribution in [2.45, 2.75) is 19.3 Å². The van der Waals surface area contributed by atoms with Crippen LogP contribution in [0, 0.1) is 0 Å². The van der Waals surface area contributed by atoms with Gasteiger partial charge in [0.05, 0.1) is 28.0 Å². The first-order valence-electron chi connectivity index (χ1n) is 16.1. The second-order valence-electron chi connectivity index (χ2n) is 13.0. The summed E-state index contributed by atoms with van der Waals surface area (Å²) in [4.78, 5) is 13.2. The van der Waals surface area contributed by atoms with Crippen LogP contribution in [0.1, 0.15) is 25.0 Å². The Kier molecular flexibility index (Phi) is 5.31. The van der Waals surface area contributed by atoms with Crippen molar-refractivity contribution in [3.63, 3.8) is 0 Å². The number of rotatable bonds is 2. The van der Waals surface area contributed by atoms with E-state index in [1.807, 2.05) is 0 Å². The number of nitrogens with zero attached hydrogens (tertiary/aromatic N) is 3. The molecule has 0 amide bonds. The monoisotopic (exact) mass is 603 g/mol. The molecule has 47 heavy (non-hydrogen) atoms. The Balaban J connectivity index is 1.37. The van der Waals surface area contributed by atoms with Crippen LogP contribution in [-0.2, 0) is 5.41 Å². The van der Waals surface area contributed by atoms with Crippen molar-refractivity contribution in [2.75, 3.05) is 4.90 Å². The molecule has 1 aliphatic rings. The largest absolute Gasteiger partial charge is 0.456 e. The number of hydrogen-bond donors (Lipinski definition) is 0. The van der Waals surface area contributed by atoms with Crippen LogP contribution in [0.25, 0.3) is 65.6 Å². The van der Waals surface area contributed by atoms with Crippen molar-refractivity contribution in [1.82, 2.24) is 9.97 Å². The van der Waals surface area contributed by atoms with Gasteiger partial charge in [-0.05, 0) is 69.1 Å². The topological polar surface area (TPSA) is 42.2 Å². The molecule has 7 aromatic carbocycles. The lowest BCUT2D eigenvalue weighted by Gasteiger charge is -2.41. The van der Waals surface area contributed by atoms with Gasteiger partial charge in [-0.2, -0.15) is 0 Å². The van der Waals surface area contributed by atoms with Crippen LogP contribution in [0.3, 0.4) is 0 Å². The number of hydrogen-bond acceptors (Lipinski definition) is 4. The Morgan fingerprint density at radius 2 is 1.15 bits per heavy atom. The van der Waals surface area contributed by atoms with Gasteiger partial charge in [-0.25, -0.2) is 9.97 Å². The second kappa shape index (κ2) is 9.51. The number of furan rings is 1. The average molecular weight is 604 g/mol. The van der Waals surface area contributed by atoms with Gasteiger partial charge in [-0.15, -0.1) is 0 Å². The normalized spacial score (nSPS) is 13.9. The van der Waals surface area contributed by atoms with Gasteiger partial charge in [-0.1, -0.05) is 117 Å². The molecule has 9 aromatic rings. The summed E-state index contributed by atoms with van der Waals surface area (Å²) in [6.45, 7) is 4.60. The fourth-order valence-electron chi connectivity index (χ4n) is 7.75. The van der Waals surface area contributed by atoms with Crippen molar-refractivity contribution < 1.29 is 4.42 Å². The zero-order valence-electron chi connectivity index (χ0n) is 26.0. The molecule has 0 saturated heterocycles. The zero-order valence-corrected chi connectivity index (χ0v) is 26.0. The molecular weight excluding hydrogens is 574 g/mol. The number of benzene rings is 7. The van der Waals surface area contributed by atoms with Gasteiger partial charge in [0.2, 0.25) is 5.95 Å². The molecule has 4 heteroatoms. The number of anilines is 3. The van der Waals surface area contributed by atoms with Crippen LogP contribution in [0.5, 0.6) is 0 Å². The van der Waals surface area contributed by atoms with Crippen molar-refractivity contribution in [3.05, 3.63) is 151 Å². The summed E-state index contributed by atoms with van der Waals surface area (Å²) in [5.41, 5.74) is 8.98. The minimum Gasteiger partial charge on any atom is -0.456 e. The van der Waals surface area contributed by atoms with Crippen molar-refractivity contribution in [2.24, 2.45) is 0 Å². The maximum Gasteiger partial charge on any atom is 0.235 e. The summed E-state index contributed by atoms with van der Waals surface area (Å²) in [7, 11) is 0. The van der Waals surface area contributed by atoms with Crippen LogP contribution in [-0.4, -0.2) is 9.97 Å². The van der Waals surface area contributed by atoms with Crippen LogP contribution >= 0.6 is 0 Å². The van der Waals surface area contributed by atoms with Gasteiger partial charge in [0, 0.05) is 21.8 Å². The fraction of sp³-hybridized carbons (Fsp3) is 0.0698. The molecule has 1 aliphatic heterocycles. The molecule has 0 bridgehead atoms. The van der Waals surface area contributed by atoms with Crippen molar-refractivity contribution in [3.8, 4) is 11.3 Å². The molecule has 0 unspecified atom stereocenters. The summed E-state index contributed by atoms with van der Waals surface area (Å²) in [6.07, 6.45) is 0. The van der Waals surface area contributed by atoms with E-state index in [9.17, 15) is 0 Å². The molecule has 222 valence electrons. The minimum atomic E-state index is -0.186. The van der Waals surface area contributed by atoms with E-state index in [0.717, 1.165) is 60.9 Å². The first kappa shape index (κ1) is 26.2. The van der Waals surface area contributed by atoms with Crippen LogP contribution in [0.2, 0.25) is 0 Å². The molecule has 0 fully saturated rings. The molecule has 10 rings (SSSR count). The molecular formula is C43H29N3O. The van der Waals surface area contributed by atoms with Gasteiger partial charge in [0.25, 0.3) is 0 Å². The van der Waals surface area contributed by atoms with E-state index in [1.165, 1.54) is 27.3 Å². The lowest BCUT2D eigenvalue weighted by atomic mass is 9.74. The summed E-state index contributed by atoms with van der Waals surface area (Å²) < 4.78 is 6.52. The maximum atomic E-state index is 6.52. The fourth-order valence-corrected chi connectivity index (χ4v) is 7.75. The predicted molar refractivity (Wildman–Crippen MR) is 194 cm³/mol. The van der Waals surface area contributed by atoms with Gasteiger partial charge in [0.1, 0.15) is 11.2 Å². The van der Waals surface area contributed by atoms with Crippen molar-refractivity contribution in [1.29, 1.82) is 0 Å². The molecule has 0 N–H and O–H groups in total. The Hall–Kier alpha value is -6.00. The van der Waals surface area contributed by atoms with E-state index >= 15 is 0 Å². The minimum absolute atomic E-state index is 0.186. The van der Waals surface area contributed by atoms with Crippen molar-refractivity contribution >= 4 is 71.7 Å². The SMILES string of the molecule is CC1(C)c2ccccc2N(c2nc(-c3ccc4ccccc4c3)c3ccc4oc5ccc6ccccc6c5c4c3n2)c2ccccc21. The van der Waals surface area contributed by atoms with Crippen LogP contribution in [0.4, 0.5) is 17.3 Å². The highest BCUT2D eigenvalue weighted by atomic mass is 16.3. The molecule has 0 radical (unpaired) electrons. The van der Waals surface area contributed by atoms with Gasteiger partial charge in [0.15, 0.2) is 0 Å². The van der Waals surface area contributed by atoms with Gasteiger partial charge >= 0.3 is 0 Å². The Labute approximate surface area is 271 Å². The zero-order chi connectivity index (χ0) is 31.3. The lowest BCUT2D eigenvalue weighted by molar-refractivity contribution is 0.631. The highest BCUT2D eigenvalue weighted by Crippen LogP contribution is 2.52. The second-order valence-corrected chi connectivity index (χ2v) is 13.0. The highest BCUT2D eigenvalue weighted by molar-refractivity contribution is 6.26. The Morgan fingerprint density at radius 1 is 0.532 bits per heavy atom. The van der Waals surface area contributed by atoms with Crippen LogP contribution in [0.15, 0.2) is 144 Å². The number of aromatic nitrogens is 2. The maximum absolute atomic E-state index is 6.52. The summed E-state index contributed by atoms with van der Waals surface area (Å²) in [5.74, 6) is 0.637. The molecule has 3 heterocycles. The molecule has 0 spiro atoms. The molecule has 4 nitrogen and oxygen atoms in total. The van der Waals surface area contributed by atoms with Gasteiger partial charge < -0.3 is 4.42 Å². The van der Waals surface area contributed by atoms with E-state index in [-0.39, 0.29) is 5.41 Å². The molecule has 0 saturated carbocycles. The highest BCUT2D eigenvalue weighted by Gasteiger charge is 2.37. The lowest BCUT2D eigenvalue weighted by Crippen LogP contribution is -2.31. The third-order valence-electron chi connectivity index (χ3n) is 10.0. The molecule has 0 atom stereocenters. The smallest absolute Gasteiger partial charge is 0.235 e. The van der Waals surface area contributed by atoms with Crippen LogP contribution < -0.4 is 4.90 Å². The summed E-state index contributed by atoms with van der Waals surface area (Å²) in [5, 5.41) is 7.78. The van der Waals surface area contributed by atoms with E-state index in [4.69, 9.17) is 14.4 Å². The van der Waals surface area contributed by atoms with E-state index < -0.39 is 0 Å². The third kappa shape index (κ3) is 3.70. The predicted octanol–water partition coefficient (Wildman–Crippen LogP) is 11.6. The average Bonchev–Trinajstić information content (AvgIpc) is 3.51. The first-order chi connectivity index (χ1) is 23.1. The molecule has 0 aliphatic carbocycles. The van der Waals surface area contributed by atoms with E-state index in [1.54, 1.807) is 0 Å². The summed E-state index contributed by atoms with van der Waals surface area (Å²) >= 11 is 0. The van der Waals surface area contributed by atoms with E-state index in [0.29, 0.717) is 5.95 Å². The number of para-hydroxylation sites is 2. The summed E-state index contributed by atoms with van der Waals surface area (Å²) in [6, 6.07) is 49.3.